The van der Waals surface area contributed by atoms with E-state index in [-0.39, 0.29) is 11.8 Å². The number of allylic oxidation sites excluding steroid dienone is 1. The van der Waals surface area contributed by atoms with Gasteiger partial charge < -0.3 is 19.8 Å². The van der Waals surface area contributed by atoms with Crippen molar-refractivity contribution in [1.29, 1.82) is 5.26 Å². The second-order valence-corrected chi connectivity index (χ2v) is 6.04. The van der Waals surface area contributed by atoms with E-state index in [1.54, 1.807) is 7.11 Å². The second-order valence-electron chi connectivity index (χ2n) is 6.04. The number of methoxy groups -OCH3 is 1. The Kier molecular flexibility index (Phi) is 3.40. The van der Waals surface area contributed by atoms with E-state index in [4.69, 9.17) is 15.2 Å². The number of nitrogens with zero attached hydrogens (tertiary/aromatic N) is 2. The van der Waals surface area contributed by atoms with Crippen LogP contribution < -0.4 is 15.2 Å². The quantitative estimate of drug-likeness (QED) is 0.781. The van der Waals surface area contributed by atoms with Crippen LogP contribution in [0.5, 0.6) is 11.5 Å². The third-order valence-electron chi connectivity index (χ3n) is 4.66. The van der Waals surface area contributed by atoms with Gasteiger partial charge in [-0.15, -0.1) is 0 Å². The van der Waals surface area contributed by atoms with Gasteiger partial charge in [0.05, 0.1) is 13.0 Å². The minimum Gasteiger partial charge on any atom is -0.497 e. The number of benzene rings is 2. The summed E-state index contributed by atoms with van der Waals surface area (Å²) in [6.45, 7) is 0. The Hall–Kier alpha value is -3.39. The summed E-state index contributed by atoms with van der Waals surface area (Å²) in [5, 5.41) is 10.8. The van der Waals surface area contributed by atoms with Crippen LogP contribution >= 0.6 is 0 Å². The molecule has 0 fully saturated rings. The largest absolute Gasteiger partial charge is 0.497 e. The summed E-state index contributed by atoms with van der Waals surface area (Å²) >= 11 is 0. The number of rotatable bonds is 2. The van der Waals surface area contributed by atoms with E-state index in [1.165, 1.54) is 0 Å². The van der Waals surface area contributed by atoms with Crippen LogP contribution in [0, 0.1) is 11.3 Å². The van der Waals surface area contributed by atoms with E-state index in [9.17, 15) is 5.26 Å². The van der Waals surface area contributed by atoms with E-state index in [1.807, 2.05) is 37.4 Å². The van der Waals surface area contributed by atoms with Crippen molar-refractivity contribution in [2.24, 2.45) is 12.8 Å². The normalized spacial score (nSPS) is 16.3. The number of aromatic nitrogens is 1. The van der Waals surface area contributed by atoms with Gasteiger partial charge in [-0.2, -0.15) is 5.26 Å². The number of hydrogen-bond acceptors (Lipinski definition) is 4. The summed E-state index contributed by atoms with van der Waals surface area (Å²) in [6.07, 6.45) is 2.05. The predicted molar refractivity (Wildman–Crippen MR) is 95.2 cm³/mol. The molecule has 25 heavy (non-hydrogen) atoms. The molecule has 1 aliphatic heterocycles. The molecule has 0 spiro atoms. The summed E-state index contributed by atoms with van der Waals surface area (Å²) in [6, 6.07) is 15.9. The molecule has 0 amide bonds. The van der Waals surface area contributed by atoms with Crippen LogP contribution in [0.4, 0.5) is 0 Å². The van der Waals surface area contributed by atoms with Gasteiger partial charge in [-0.1, -0.05) is 18.2 Å². The van der Waals surface area contributed by atoms with Gasteiger partial charge in [0.1, 0.15) is 23.1 Å². The van der Waals surface area contributed by atoms with Crippen molar-refractivity contribution in [1.82, 2.24) is 4.57 Å². The Morgan fingerprint density at radius 2 is 2.00 bits per heavy atom. The number of fused-ring (bicyclic) bond motifs is 2. The first kappa shape index (κ1) is 15.2. The highest BCUT2D eigenvalue weighted by molar-refractivity contribution is 5.86. The Bertz CT molecular complexity index is 1060. The lowest BCUT2D eigenvalue weighted by Gasteiger charge is -2.26. The Morgan fingerprint density at radius 3 is 2.76 bits per heavy atom. The smallest absolute Gasteiger partial charge is 0.205 e. The molecule has 0 saturated carbocycles. The molecule has 2 N–H and O–H groups in total. The fourth-order valence-electron chi connectivity index (χ4n) is 3.49. The molecule has 2 heterocycles. The zero-order chi connectivity index (χ0) is 17.6. The van der Waals surface area contributed by atoms with Gasteiger partial charge in [0.15, 0.2) is 0 Å². The lowest BCUT2D eigenvalue weighted by atomic mass is 9.83. The highest BCUT2D eigenvalue weighted by Crippen LogP contribution is 2.45. The maximum Gasteiger partial charge on any atom is 0.205 e. The monoisotopic (exact) mass is 331 g/mol. The first-order valence-electron chi connectivity index (χ1n) is 7.93. The molecule has 0 radical (unpaired) electrons. The first-order valence-corrected chi connectivity index (χ1v) is 7.93. The Morgan fingerprint density at radius 1 is 1.20 bits per heavy atom. The van der Waals surface area contributed by atoms with Crippen LogP contribution in [0.15, 0.2) is 60.1 Å². The highest BCUT2D eigenvalue weighted by Gasteiger charge is 2.32. The number of nitrogens with two attached hydrogens (primary N) is 1. The number of nitriles is 1. The number of ether oxygens (including phenoxy) is 2. The van der Waals surface area contributed by atoms with Crippen molar-refractivity contribution in [2.45, 2.75) is 5.92 Å². The van der Waals surface area contributed by atoms with Gasteiger partial charge in [-0.05, 0) is 29.8 Å². The van der Waals surface area contributed by atoms with E-state index >= 15 is 0 Å². The molecule has 0 aliphatic carbocycles. The minimum absolute atomic E-state index is 0.151. The summed E-state index contributed by atoms with van der Waals surface area (Å²) in [5.74, 6) is 1.22. The van der Waals surface area contributed by atoms with E-state index < -0.39 is 0 Å². The fourth-order valence-corrected chi connectivity index (χ4v) is 3.49. The molecule has 124 valence electrons. The van der Waals surface area contributed by atoms with E-state index in [0.29, 0.717) is 17.1 Å². The predicted octanol–water partition coefficient (Wildman–Crippen LogP) is 3.41. The summed E-state index contributed by atoms with van der Waals surface area (Å²) < 4.78 is 13.1. The molecule has 5 heteroatoms. The van der Waals surface area contributed by atoms with Crippen molar-refractivity contribution in [2.75, 3.05) is 7.11 Å². The molecule has 5 nitrogen and oxygen atoms in total. The lowest BCUT2D eigenvalue weighted by Crippen LogP contribution is -2.21. The maximum atomic E-state index is 9.72. The van der Waals surface area contributed by atoms with Crippen LogP contribution in [0.25, 0.3) is 10.9 Å². The number of hydrogen-bond donors (Lipinski definition) is 1. The lowest BCUT2D eigenvalue weighted by molar-refractivity contribution is 0.386. The standard InChI is InChI=1S/C20H17N3O2/c1-23-11-16(13-5-3-4-6-17(13)23)19-14-9-12(24-2)7-8-18(14)25-20(22)15(19)10-21/h3-9,11,19H,22H2,1-2H3. The van der Waals surface area contributed by atoms with E-state index in [0.717, 1.165) is 22.0 Å². The molecule has 2 aromatic carbocycles. The molecule has 1 unspecified atom stereocenters. The summed E-state index contributed by atoms with van der Waals surface area (Å²) in [5.41, 5.74) is 9.47. The zero-order valence-electron chi connectivity index (χ0n) is 14.0. The van der Waals surface area contributed by atoms with Gasteiger partial charge in [-0.3, -0.25) is 0 Å². The van der Waals surface area contributed by atoms with Crippen LogP contribution in [-0.4, -0.2) is 11.7 Å². The molecule has 0 bridgehead atoms. The number of para-hydroxylation sites is 1. The van der Waals surface area contributed by atoms with Crippen molar-refractivity contribution < 1.29 is 9.47 Å². The third kappa shape index (κ3) is 2.23. The summed E-state index contributed by atoms with van der Waals surface area (Å²) in [7, 11) is 3.62. The highest BCUT2D eigenvalue weighted by atomic mass is 16.5. The second kappa shape index (κ2) is 5.60. The Balaban J connectivity index is 2.03. The average Bonchev–Trinajstić information content (AvgIpc) is 2.97. The molecular formula is C20H17N3O2. The first-order chi connectivity index (χ1) is 12.1. The maximum absolute atomic E-state index is 9.72. The van der Waals surface area contributed by atoms with Crippen molar-refractivity contribution in [3.05, 3.63) is 71.2 Å². The van der Waals surface area contributed by atoms with Crippen molar-refractivity contribution >= 4 is 10.9 Å². The Labute approximate surface area is 145 Å². The topological polar surface area (TPSA) is 73.2 Å². The molecule has 1 aliphatic rings. The van der Waals surface area contributed by atoms with Crippen LogP contribution in [0.3, 0.4) is 0 Å². The molecule has 1 atom stereocenters. The van der Waals surface area contributed by atoms with Gasteiger partial charge in [-0.25, -0.2) is 0 Å². The number of aryl methyl sites for hydroxylation is 1. The SMILES string of the molecule is COc1ccc2c(c1)C(c1cn(C)c3ccccc13)C(C#N)=C(N)O2. The van der Waals surface area contributed by atoms with Gasteiger partial charge in [0, 0.05) is 29.7 Å². The summed E-state index contributed by atoms with van der Waals surface area (Å²) in [4.78, 5) is 0. The van der Waals surface area contributed by atoms with Gasteiger partial charge >= 0.3 is 0 Å². The van der Waals surface area contributed by atoms with Crippen LogP contribution in [-0.2, 0) is 7.05 Å². The zero-order valence-corrected chi connectivity index (χ0v) is 14.0. The van der Waals surface area contributed by atoms with E-state index in [2.05, 4.69) is 29.0 Å². The molecule has 4 rings (SSSR count). The molecule has 0 saturated heterocycles. The fraction of sp³-hybridized carbons (Fsp3) is 0.150. The van der Waals surface area contributed by atoms with Crippen LogP contribution in [0.2, 0.25) is 0 Å². The van der Waals surface area contributed by atoms with Crippen molar-refractivity contribution in [3.8, 4) is 17.6 Å². The van der Waals surface area contributed by atoms with Gasteiger partial charge in [0.2, 0.25) is 5.88 Å². The molecule has 3 aromatic rings. The third-order valence-corrected chi connectivity index (χ3v) is 4.66. The van der Waals surface area contributed by atoms with Crippen LogP contribution in [0.1, 0.15) is 17.0 Å². The van der Waals surface area contributed by atoms with Gasteiger partial charge in [0.25, 0.3) is 0 Å². The minimum atomic E-state index is -0.296. The molecule has 1 aromatic heterocycles. The van der Waals surface area contributed by atoms with Crippen molar-refractivity contribution in [3.63, 3.8) is 0 Å². The average molecular weight is 331 g/mol. The molecular weight excluding hydrogens is 314 g/mol.